The van der Waals surface area contributed by atoms with Crippen molar-refractivity contribution in [1.29, 1.82) is 0 Å². The number of imidazole rings is 1. The van der Waals surface area contributed by atoms with Crippen molar-refractivity contribution >= 4 is 48.9 Å². The third kappa shape index (κ3) is 4.42. The number of nitrogens with zero attached hydrogens (tertiary/aromatic N) is 3. The first kappa shape index (κ1) is 25.8. The molecule has 0 unspecified atom stereocenters. The minimum Gasteiger partial charge on any atom is -0.455 e. The molecule has 8 nitrogen and oxygen atoms in total. The van der Waals surface area contributed by atoms with Crippen LogP contribution in [0.1, 0.15) is 10.4 Å². The van der Waals surface area contributed by atoms with E-state index >= 15 is 0 Å². The predicted molar refractivity (Wildman–Crippen MR) is 156 cm³/mol. The number of nitrogens with one attached hydrogen (secondary N) is 1. The fraction of sp³-hybridized carbons (Fsp3) is 0.103. The molecule has 1 N–H and O–H groups in total. The van der Waals surface area contributed by atoms with Crippen LogP contribution in [-0.4, -0.2) is 44.1 Å². The molecule has 0 aliphatic carbocycles. The average molecular weight is 575 g/mol. The zero-order chi connectivity index (χ0) is 28.2. The Labute approximate surface area is 233 Å². The number of furan rings is 1. The van der Waals surface area contributed by atoms with Crippen molar-refractivity contribution in [2.75, 3.05) is 24.7 Å². The smallest absolute Gasteiger partial charge is 0.255 e. The minimum atomic E-state index is -3.65. The van der Waals surface area contributed by atoms with Crippen LogP contribution < -0.4 is 9.62 Å². The Morgan fingerprint density at radius 1 is 1.07 bits per heavy atom. The van der Waals surface area contributed by atoms with Gasteiger partial charge in [0.1, 0.15) is 17.2 Å². The molecule has 0 saturated heterocycles. The van der Waals surface area contributed by atoms with Gasteiger partial charge in [-0.1, -0.05) is 18.2 Å². The van der Waals surface area contributed by atoms with Crippen LogP contribution in [0, 0.1) is 5.82 Å². The fourth-order valence-corrected chi connectivity index (χ4v) is 5.88. The zero-order valence-electron chi connectivity index (χ0n) is 21.7. The van der Waals surface area contributed by atoms with Gasteiger partial charge in [-0.3, -0.25) is 13.5 Å². The first-order chi connectivity index (χ1) is 19.1. The second-order valence-corrected chi connectivity index (χ2v) is 12.2. The van der Waals surface area contributed by atoms with Crippen LogP contribution in [-0.2, 0) is 10.0 Å². The molecule has 3 aromatic carbocycles. The molecule has 0 fully saturated rings. The number of carbonyl (C=O) groups excluding carboxylic acids is 1. The average Bonchev–Trinajstić information content (AvgIpc) is 3.65. The molecule has 6 aromatic rings. The lowest BCUT2D eigenvalue weighted by molar-refractivity contribution is 0.0964. The van der Waals surface area contributed by atoms with Crippen LogP contribution in [0.5, 0.6) is 0 Å². The number of aromatic nitrogens is 2. The maximum absolute atomic E-state index is 13.6. The second kappa shape index (κ2) is 9.61. The number of fused-ring (bicyclic) bond motifs is 2. The van der Waals surface area contributed by atoms with E-state index in [1.165, 1.54) is 54.0 Å². The molecule has 6 rings (SSSR count). The predicted octanol–water partition coefficient (Wildman–Crippen LogP) is 6.04. The van der Waals surface area contributed by atoms with Gasteiger partial charge in [-0.25, -0.2) is 17.8 Å². The zero-order valence-corrected chi connectivity index (χ0v) is 23.3. The van der Waals surface area contributed by atoms with Crippen LogP contribution in [0.15, 0.2) is 82.9 Å². The van der Waals surface area contributed by atoms with Gasteiger partial charge in [-0.05, 0) is 42.0 Å². The Morgan fingerprint density at radius 3 is 2.52 bits per heavy atom. The summed E-state index contributed by atoms with van der Waals surface area (Å²) in [6, 6.07) is 16.7. The number of halogens is 1. The summed E-state index contributed by atoms with van der Waals surface area (Å²) >= 11 is 1.53. The van der Waals surface area contributed by atoms with E-state index in [0.29, 0.717) is 27.8 Å². The van der Waals surface area contributed by atoms with Crippen LogP contribution in [0.3, 0.4) is 0 Å². The normalized spacial score (nSPS) is 11.8. The molecule has 3 heterocycles. The lowest BCUT2D eigenvalue weighted by atomic mass is 9.97. The SMILES string of the molecule is CNC(=O)c1c(-c2ccc(F)cc2)oc2cc(N(C)S(C)(=O)=O)c(-c3cccc(-c4cn5ccsc5n4)c3)cc12. The van der Waals surface area contributed by atoms with Gasteiger partial charge in [0.15, 0.2) is 4.96 Å². The topological polar surface area (TPSA) is 96.9 Å². The van der Waals surface area contributed by atoms with Crippen molar-refractivity contribution in [3.8, 4) is 33.7 Å². The number of carbonyl (C=O) groups is 1. The Balaban J connectivity index is 1.61. The summed E-state index contributed by atoms with van der Waals surface area (Å²) < 4.78 is 48.3. The van der Waals surface area contributed by atoms with Crippen molar-refractivity contribution < 1.29 is 22.0 Å². The summed E-state index contributed by atoms with van der Waals surface area (Å²) in [6.07, 6.45) is 5.00. The molecule has 0 radical (unpaired) electrons. The molecule has 3 aromatic heterocycles. The summed E-state index contributed by atoms with van der Waals surface area (Å²) in [4.78, 5) is 18.7. The van der Waals surface area contributed by atoms with E-state index in [1.54, 1.807) is 12.1 Å². The van der Waals surface area contributed by atoms with E-state index in [9.17, 15) is 17.6 Å². The van der Waals surface area contributed by atoms with E-state index in [-0.39, 0.29) is 17.2 Å². The molecule has 0 spiro atoms. The molecule has 0 atom stereocenters. The Bertz CT molecular complexity index is 2000. The minimum absolute atomic E-state index is 0.256. The third-order valence-corrected chi connectivity index (χ3v) is 8.73. The molecule has 0 aliphatic heterocycles. The standard InChI is InChI=1S/C29H23FN4O4S2/c1-31-28(35)26-22-14-21(18-5-4-6-19(13-18)23-16-34-11-12-39-29(34)32-23)24(33(2)40(3,36)37)15-25(22)38-27(26)17-7-9-20(30)10-8-17/h4-16H,1-3H3,(H,31,35). The van der Waals surface area contributed by atoms with Crippen molar-refractivity contribution in [3.63, 3.8) is 0 Å². The van der Waals surface area contributed by atoms with Crippen LogP contribution in [0.2, 0.25) is 0 Å². The number of benzene rings is 3. The molecular formula is C29H23FN4O4S2. The van der Waals surface area contributed by atoms with Gasteiger partial charge >= 0.3 is 0 Å². The molecule has 1 amide bonds. The monoisotopic (exact) mass is 574 g/mol. The number of hydrogen-bond acceptors (Lipinski definition) is 6. The van der Waals surface area contributed by atoms with Crippen molar-refractivity contribution in [3.05, 3.63) is 89.8 Å². The number of anilines is 1. The molecular weight excluding hydrogens is 551 g/mol. The summed E-state index contributed by atoms with van der Waals surface area (Å²) in [7, 11) is -0.667. The van der Waals surface area contributed by atoms with E-state index < -0.39 is 15.8 Å². The van der Waals surface area contributed by atoms with Gasteiger partial charge in [0, 0.05) is 60.0 Å². The molecule has 0 aliphatic rings. The number of hydrogen-bond donors (Lipinski definition) is 1. The van der Waals surface area contributed by atoms with Gasteiger partial charge in [0.05, 0.1) is 23.2 Å². The molecule has 0 saturated carbocycles. The Hall–Kier alpha value is -4.48. The first-order valence-corrected chi connectivity index (χ1v) is 14.9. The first-order valence-electron chi connectivity index (χ1n) is 12.2. The number of sulfonamides is 1. The lowest BCUT2D eigenvalue weighted by Crippen LogP contribution is -2.25. The maximum Gasteiger partial charge on any atom is 0.255 e. The van der Waals surface area contributed by atoms with E-state index in [2.05, 4.69) is 5.32 Å². The van der Waals surface area contributed by atoms with Crippen LogP contribution in [0.25, 0.3) is 49.6 Å². The van der Waals surface area contributed by atoms with E-state index in [4.69, 9.17) is 9.40 Å². The van der Waals surface area contributed by atoms with Crippen LogP contribution >= 0.6 is 11.3 Å². The summed E-state index contributed by atoms with van der Waals surface area (Å²) in [5.41, 5.74) is 4.42. The molecule has 202 valence electrons. The van der Waals surface area contributed by atoms with Crippen molar-refractivity contribution in [1.82, 2.24) is 14.7 Å². The summed E-state index contributed by atoms with van der Waals surface area (Å²) in [6.45, 7) is 0. The highest BCUT2D eigenvalue weighted by Crippen LogP contribution is 2.42. The number of rotatable bonds is 6. The van der Waals surface area contributed by atoms with Crippen molar-refractivity contribution in [2.24, 2.45) is 0 Å². The lowest BCUT2D eigenvalue weighted by Gasteiger charge is -2.21. The van der Waals surface area contributed by atoms with Gasteiger partial charge in [-0.2, -0.15) is 0 Å². The largest absolute Gasteiger partial charge is 0.455 e. The number of amides is 1. The Morgan fingerprint density at radius 2 is 1.82 bits per heavy atom. The highest BCUT2D eigenvalue weighted by atomic mass is 32.2. The van der Waals surface area contributed by atoms with E-state index in [1.807, 2.05) is 46.4 Å². The second-order valence-electron chi connectivity index (χ2n) is 9.29. The van der Waals surface area contributed by atoms with Crippen LogP contribution in [0.4, 0.5) is 10.1 Å². The molecule has 0 bridgehead atoms. The summed E-state index contributed by atoms with van der Waals surface area (Å²) in [5, 5.41) is 5.11. The van der Waals surface area contributed by atoms with Gasteiger partial charge < -0.3 is 9.73 Å². The highest BCUT2D eigenvalue weighted by molar-refractivity contribution is 7.92. The fourth-order valence-electron chi connectivity index (χ4n) is 4.67. The maximum atomic E-state index is 13.6. The molecule has 11 heteroatoms. The highest BCUT2D eigenvalue weighted by Gasteiger charge is 2.26. The van der Waals surface area contributed by atoms with Crippen molar-refractivity contribution in [2.45, 2.75) is 0 Å². The van der Waals surface area contributed by atoms with Gasteiger partial charge in [0.2, 0.25) is 10.0 Å². The van der Waals surface area contributed by atoms with Gasteiger partial charge in [-0.15, -0.1) is 11.3 Å². The third-order valence-electron chi connectivity index (χ3n) is 6.77. The molecule has 40 heavy (non-hydrogen) atoms. The van der Waals surface area contributed by atoms with Gasteiger partial charge in [0.25, 0.3) is 5.91 Å². The van der Waals surface area contributed by atoms with E-state index in [0.717, 1.165) is 28.0 Å². The number of thiazole rings is 1. The quantitative estimate of drug-likeness (QED) is 0.262. The summed E-state index contributed by atoms with van der Waals surface area (Å²) in [5.74, 6) is -0.551. The Kier molecular flexibility index (Phi) is 6.20.